The zero-order valence-corrected chi connectivity index (χ0v) is 10.5. The van der Waals surface area contributed by atoms with Crippen LogP contribution in [0.2, 0.25) is 0 Å². The molecule has 0 aliphatic heterocycles. The molecular formula is C11H20N2O4. The van der Waals surface area contributed by atoms with Gasteiger partial charge in [-0.05, 0) is 20.8 Å². The van der Waals surface area contributed by atoms with Crippen LogP contribution in [0.5, 0.6) is 0 Å². The molecule has 1 atom stereocenters. The van der Waals surface area contributed by atoms with Crippen molar-refractivity contribution >= 4 is 12.0 Å². The van der Waals surface area contributed by atoms with Gasteiger partial charge in [0.2, 0.25) is 0 Å². The Morgan fingerprint density at radius 1 is 1.47 bits per heavy atom. The Kier molecular flexibility index (Phi) is 5.67. The van der Waals surface area contributed by atoms with Gasteiger partial charge in [-0.3, -0.25) is 0 Å². The topological polar surface area (TPSA) is 89.9 Å². The van der Waals surface area contributed by atoms with E-state index in [0.717, 1.165) is 12.5 Å². The second-order valence-corrected chi connectivity index (χ2v) is 4.21. The molecule has 0 fully saturated rings. The predicted molar refractivity (Wildman–Crippen MR) is 63.7 cm³/mol. The van der Waals surface area contributed by atoms with Crippen LogP contribution < -0.4 is 5.32 Å². The number of nitrogens with zero attached hydrogens (tertiary/aromatic N) is 1. The highest BCUT2D eigenvalue weighted by Crippen LogP contribution is 2.02. The summed E-state index contributed by atoms with van der Waals surface area (Å²) in [6, 6.07) is -0.419. The van der Waals surface area contributed by atoms with Crippen LogP contribution in [-0.2, 0) is 4.79 Å². The Morgan fingerprint density at radius 2 is 2.00 bits per heavy atom. The zero-order chi connectivity index (χ0) is 13.6. The van der Waals surface area contributed by atoms with E-state index in [1.807, 2.05) is 0 Å². The van der Waals surface area contributed by atoms with Crippen molar-refractivity contribution in [2.45, 2.75) is 26.4 Å². The van der Waals surface area contributed by atoms with E-state index in [2.05, 4.69) is 11.9 Å². The fourth-order valence-corrected chi connectivity index (χ4v) is 1.09. The molecule has 0 saturated carbocycles. The van der Waals surface area contributed by atoms with E-state index in [1.54, 1.807) is 13.8 Å². The van der Waals surface area contributed by atoms with Gasteiger partial charge in [-0.15, -0.1) is 0 Å². The lowest BCUT2D eigenvalue weighted by Gasteiger charge is -2.24. The van der Waals surface area contributed by atoms with Crippen LogP contribution in [0.1, 0.15) is 20.8 Å². The number of carbonyl (C=O) groups is 2. The molecule has 98 valence electrons. The van der Waals surface area contributed by atoms with E-state index >= 15 is 0 Å². The molecule has 17 heavy (non-hydrogen) atoms. The van der Waals surface area contributed by atoms with Gasteiger partial charge in [-0.1, -0.05) is 12.2 Å². The van der Waals surface area contributed by atoms with Crippen molar-refractivity contribution in [3.05, 3.63) is 12.2 Å². The average molecular weight is 244 g/mol. The quantitative estimate of drug-likeness (QED) is 0.591. The first-order valence-corrected chi connectivity index (χ1v) is 5.33. The van der Waals surface area contributed by atoms with Gasteiger partial charge in [-0.25, -0.2) is 9.59 Å². The van der Waals surface area contributed by atoms with E-state index in [0.29, 0.717) is 13.1 Å². The van der Waals surface area contributed by atoms with E-state index in [9.17, 15) is 14.7 Å². The van der Waals surface area contributed by atoms with Crippen LogP contribution in [0.15, 0.2) is 12.2 Å². The maximum Gasteiger partial charge on any atom is 0.337 e. The van der Waals surface area contributed by atoms with Crippen molar-refractivity contribution in [3.8, 4) is 0 Å². The molecule has 0 aliphatic rings. The maximum atomic E-state index is 11.6. The van der Waals surface area contributed by atoms with Gasteiger partial charge in [0, 0.05) is 13.1 Å². The summed E-state index contributed by atoms with van der Waals surface area (Å²) >= 11 is 0. The summed E-state index contributed by atoms with van der Waals surface area (Å²) in [5.74, 6) is -1.37. The molecule has 0 aromatic rings. The molecule has 0 heterocycles. The first-order valence-electron chi connectivity index (χ1n) is 5.33. The normalized spacial score (nSPS) is 13.6. The van der Waals surface area contributed by atoms with Crippen LogP contribution in [0, 0.1) is 0 Å². The molecule has 6 heteroatoms. The van der Waals surface area contributed by atoms with Gasteiger partial charge in [0.1, 0.15) is 0 Å². The van der Waals surface area contributed by atoms with E-state index in [1.165, 1.54) is 4.90 Å². The predicted octanol–water partition coefficient (Wildman–Crippen LogP) is 0.430. The van der Waals surface area contributed by atoms with E-state index in [4.69, 9.17) is 5.11 Å². The number of carboxylic acids is 1. The molecule has 6 nitrogen and oxygen atoms in total. The zero-order valence-electron chi connectivity index (χ0n) is 10.5. The molecule has 0 bridgehead atoms. The first kappa shape index (κ1) is 15.4. The van der Waals surface area contributed by atoms with Crippen molar-refractivity contribution in [1.82, 2.24) is 10.2 Å². The highest BCUT2D eigenvalue weighted by Gasteiger charge is 2.30. The summed E-state index contributed by atoms with van der Waals surface area (Å²) < 4.78 is 0. The van der Waals surface area contributed by atoms with Crippen molar-refractivity contribution in [2.75, 3.05) is 19.6 Å². The van der Waals surface area contributed by atoms with E-state index < -0.39 is 17.6 Å². The number of rotatable bonds is 6. The summed E-state index contributed by atoms with van der Waals surface area (Å²) in [6.07, 6.45) is 0. The van der Waals surface area contributed by atoms with Gasteiger partial charge in [-0.2, -0.15) is 0 Å². The number of amides is 2. The van der Waals surface area contributed by atoms with Crippen molar-refractivity contribution < 1.29 is 19.8 Å². The number of carboxylic acid groups (broad SMARTS) is 1. The summed E-state index contributed by atoms with van der Waals surface area (Å²) in [5, 5.41) is 20.5. The third kappa shape index (κ3) is 5.35. The number of hydrogen-bond donors (Lipinski definition) is 3. The smallest absolute Gasteiger partial charge is 0.337 e. The number of hydrogen-bond acceptors (Lipinski definition) is 3. The number of likely N-dealkylation sites (N-methyl/N-ethyl adjacent to an activating group) is 1. The number of aliphatic hydroxyl groups is 1. The van der Waals surface area contributed by atoms with Crippen LogP contribution in [0.4, 0.5) is 4.79 Å². The molecule has 0 aromatic carbocycles. The summed E-state index contributed by atoms with van der Waals surface area (Å²) in [4.78, 5) is 23.7. The monoisotopic (exact) mass is 244 g/mol. The molecule has 0 aromatic heterocycles. The number of carbonyl (C=O) groups excluding carboxylic acids is 1. The third-order valence-corrected chi connectivity index (χ3v) is 2.17. The van der Waals surface area contributed by atoms with Gasteiger partial charge in [0.15, 0.2) is 5.60 Å². The Morgan fingerprint density at radius 3 is 2.35 bits per heavy atom. The molecule has 0 aliphatic carbocycles. The van der Waals surface area contributed by atoms with Crippen molar-refractivity contribution in [3.63, 3.8) is 0 Å². The van der Waals surface area contributed by atoms with Crippen LogP contribution in [0.3, 0.4) is 0 Å². The Hall–Kier alpha value is -1.56. The van der Waals surface area contributed by atoms with Crippen LogP contribution in [0.25, 0.3) is 0 Å². The Balaban J connectivity index is 4.34. The van der Waals surface area contributed by atoms with Crippen molar-refractivity contribution in [1.29, 1.82) is 0 Å². The number of urea groups is 1. The summed E-state index contributed by atoms with van der Waals surface area (Å²) in [5.41, 5.74) is -1.13. The molecule has 0 rings (SSSR count). The second-order valence-electron chi connectivity index (χ2n) is 4.21. The largest absolute Gasteiger partial charge is 0.479 e. The van der Waals surface area contributed by atoms with Gasteiger partial charge in [0.25, 0.3) is 0 Å². The number of nitrogens with one attached hydrogen (secondary N) is 1. The fourth-order valence-electron chi connectivity index (χ4n) is 1.09. The summed E-state index contributed by atoms with van der Waals surface area (Å²) in [7, 11) is 0. The Labute approximate surface area is 101 Å². The minimum absolute atomic E-state index is 0.339. The van der Waals surface area contributed by atoms with Gasteiger partial charge in [0.05, 0.1) is 6.54 Å². The number of aliphatic carboxylic acids is 1. The third-order valence-electron chi connectivity index (χ3n) is 2.17. The second kappa shape index (κ2) is 6.24. The lowest BCUT2D eigenvalue weighted by Crippen LogP contribution is -2.50. The molecule has 2 amide bonds. The van der Waals surface area contributed by atoms with Gasteiger partial charge < -0.3 is 20.4 Å². The minimum atomic E-state index is -1.96. The highest BCUT2D eigenvalue weighted by molar-refractivity contribution is 5.79. The highest BCUT2D eigenvalue weighted by atomic mass is 16.4. The lowest BCUT2D eigenvalue weighted by molar-refractivity contribution is -0.155. The van der Waals surface area contributed by atoms with E-state index in [-0.39, 0.29) is 6.54 Å². The molecule has 0 saturated heterocycles. The average Bonchev–Trinajstić information content (AvgIpc) is 2.22. The SMILES string of the molecule is C=C(C)CN(CC)C(=O)NCC(C)(O)C(=O)O. The van der Waals surface area contributed by atoms with Crippen LogP contribution in [-0.4, -0.2) is 52.3 Å². The Bertz CT molecular complexity index is 313. The first-order chi connectivity index (χ1) is 7.70. The standard InChI is InChI=1S/C11H20N2O4/c1-5-13(6-8(2)3)10(16)12-7-11(4,17)9(14)15/h17H,2,5-7H2,1,3-4H3,(H,12,16)(H,14,15). The molecular weight excluding hydrogens is 224 g/mol. The van der Waals surface area contributed by atoms with Crippen molar-refractivity contribution in [2.24, 2.45) is 0 Å². The van der Waals surface area contributed by atoms with Gasteiger partial charge >= 0.3 is 12.0 Å². The lowest BCUT2D eigenvalue weighted by atomic mass is 10.1. The molecule has 0 radical (unpaired) electrons. The fraction of sp³-hybridized carbons (Fsp3) is 0.636. The van der Waals surface area contributed by atoms with Crippen LogP contribution >= 0.6 is 0 Å². The summed E-state index contributed by atoms with van der Waals surface area (Å²) in [6.45, 7) is 8.97. The molecule has 1 unspecified atom stereocenters. The minimum Gasteiger partial charge on any atom is -0.479 e. The maximum absolute atomic E-state index is 11.6. The molecule has 3 N–H and O–H groups in total. The molecule has 0 spiro atoms.